The lowest BCUT2D eigenvalue weighted by Gasteiger charge is -2.18. The van der Waals surface area contributed by atoms with Gasteiger partial charge < -0.3 is 14.2 Å². The van der Waals surface area contributed by atoms with Gasteiger partial charge in [0.1, 0.15) is 0 Å². The highest BCUT2D eigenvalue weighted by atomic mass is 32.1. The van der Waals surface area contributed by atoms with E-state index in [1.807, 2.05) is 37.3 Å². The Morgan fingerprint density at radius 1 is 0.943 bits per heavy atom. The van der Waals surface area contributed by atoms with Crippen molar-refractivity contribution in [1.82, 2.24) is 4.98 Å². The molecule has 0 radical (unpaired) electrons. The molecule has 4 aromatic rings. The third-order valence-corrected chi connectivity index (χ3v) is 6.93. The van der Waals surface area contributed by atoms with Crippen molar-refractivity contribution < 1.29 is 19.0 Å². The standard InChI is InChI=1S/C28H28N2O4S/c1-18-11-12-19(2)27-25(18)29-28(35-27)30(17-20-9-7-6-8-10-20)24(31)14-13-21-15-22(32-3)26(34-5)23(16-21)33-4/h6-16H,17H2,1-5H3/b14-13+. The molecule has 4 rings (SSSR count). The van der Waals surface area contributed by atoms with Crippen LogP contribution in [0.3, 0.4) is 0 Å². The van der Waals surface area contributed by atoms with Gasteiger partial charge in [0.15, 0.2) is 16.6 Å². The summed E-state index contributed by atoms with van der Waals surface area (Å²) in [5.74, 6) is 1.38. The molecule has 0 aliphatic carbocycles. The van der Waals surface area contributed by atoms with Crippen LogP contribution in [-0.2, 0) is 11.3 Å². The van der Waals surface area contributed by atoms with Gasteiger partial charge in [-0.05, 0) is 54.3 Å². The Hall–Kier alpha value is -3.84. The molecule has 0 fully saturated rings. The van der Waals surface area contributed by atoms with E-state index in [9.17, 15) is 4.79 Å². The fraction of sp³-hybridized carbons (Fsp3) is 0.214. The molecule has 0 aliphatic heterocycles. The first-order chi connectivity index (χ1) is 16.9. The number of nitrogens with zero attached hydrogens (tertiary/aromatic N) is 2. The number of aryl methyl sites for hydroxylation is 2. The molecule has 3 aromatic carbocycles. The Morgan fingerprint density at radius 3 is 2.20 bits per heavy atom. The Morgan fingerprint density at radius 2 is 1.60 bits per heavy atom. The SMILES string of the molecule is COc1cc(/C=C/C(=O)N(Cc2ccccc2)c2nc3c(C)ccc(C)c3s2)cc(OC)c1OC. The topological polar surface area (TPSA) is 60.9 Å². The second-order valence-electron chi connectivity index (χ2n) is 8.08. The number of carbonyl (C=O) groups is 1. The molecule has 0 N–H and O–H groups in total. The monoisotopic (exact) mass is 488 g/mol. The van der Waals surface area contributed by atoms with Gasteiger partial charge in [-0.1, -0.05) is 53.8 Å². The van der Waals surface area contributed by atoms with E-state index in [0.717, 1.165) is 32.5 Å². The highest BCUT2D eigenvalue weighted by molar-refractivity contribution is 7.22. The molecular formula is C28H28N2O4S. The molecule has 0 atom stereocenters. The number of benzene rings is 3. The van der Waals surface area contributed by atoms with E-state index in [0.29, 0.717) is 28.9 Å². The average Bonchev–Trinajstić information content (AvgIpc) is 3.34. The van der Waals surface area contributed by atoms with Gasteiger partial charge in [0.2, 0.25) is 5.75 Å². The van der Waals surface area contributed by atoms with E-state index in [2.05, 4.69) is 19.1 Å². The van der Waals surface area contributed by atoms with Crippen molar-refractivity contribution in [3.05, 3.63) is 82.9 Å². The third kappa shape index (κ3) is 5.15. The number of carbonyl (C=O) groups excluding carboxylic acids is 1. The molecule has 35 heavy (non-hydrogen) atoms. The molecule has 0 aliphatic rings. The summed E-state index contributed by atoms with van der Waals surface area (Å²) in [5, 5.41) is 0.667. The molecule has 0 saturated heterocycles. The number of hydrogen-bond acceptors (Lipinski definition) is 6. The number of amides is 1. The summed E-state index contributed by atoms with van der Waals surface area (Å²) >= 11 is 1.54. The van der Waals surface area contributed by atoms with Gasteiger partial charge in [0.25, 0.3) is 5.91 Å². The quantitative estimate of drug-likeness (QED) is 0.277. The van der Waals surface area contributed by atoms with E-state index in [4.69, 9.17) is 19.2 Å². The molecule has 1 amide bonds. The molecule has 0 unspecified atom stereocenters. The molecule has 1 aromatic heterocycles. The van der Waals surface area contributed by atoms with Crippen molar-refractivity contribution in [2.24, 2.45) is 0 Å². The molecule has 180 valence electrons. The maximum Gasteiger partial charge on any atom is 0.253 e. The predicted octanol–water partition coefficient (Wildman–Crippen LogP) is 6.19. The van der Waals surface area contributed by atoms with Crippen molar-refractivity contribution in [2.45, 2.75) is 20.4 Å². The van der Waals surface area contributed by atoms with Crippen LogP contribution in [0.1, 0.15) is 22.3 Å². The fourth-order valence-corrected chi connectivity index (χ4v) is 4.94. The van der Waals surface area contributed by atoms with Crippen molar-refractivity contribution >= 4 is 38.7 Å². The maximum absolute atomic E-state index is 13.5. The summed E-state index contributed by atoms with van der Waals surface area (Å²) in [6.07, 6.45) is 3.30. The summed E-state index contributed by atoms with van der Waals surface area (Å²) < 4.78 is 17.4. The van der Waals surface area contributed by atoms with Gasteiger partial charge in [-0.25, -0.2) is 4.98 Å². The summed E-state index contributed by atoms with van der Waals surface area (Å²) in [6, 6.07) is 17.7. The zero-order valence-electron chi connectivity index (χ0n) is 20.5. The highest BCUT2D eigenvalue weighted by Crippen LogP contribution is 2.39. The molecule has 1 heterocycles. The van der Waals surface area contributed by atoms with Gasteiger partial charge in [0, 0.05) is 6.08 Å². The summed E-state index contributed by atoms with van der Waals surface area (Å²) in [6.45, 7) is 4.52. The van der Waals surface area contributed by atoms with Crippen molar-refractivity contribution in [3.63, 3.8) is 0 Å². The average molecular weight is 489 g/mol. The predicted molar refractivity (Wildman–Crippen MR) is 142 cm³/mol. The Balaban J connectivity index is 1.72. The maximum atomic E-state index is 13.5. The number of fused-ring (bicyclic) bond motifs is 1. The number of hydrogen-bond donors (Lipinski definition) is 0. The van der Waals surface area contributed by atoms with E-state index < -0.39 is 0 Å². The van der Waals surface area contributed by atoms with Crippen molar-refractivity contribution in [1.29, 1.82) is 0 Å². The third-order valence-electron chi connectivity index (χ3n) is 5.72. The first-order valence-electron chi connectivity index (χ1n) is 11.2. The van der Waals surface area contributed by atoms with Crippen LogP contribution in [0.15, 0.2) is 60.7 Å². The number of rotatable bonds is 8. The minimum Gasteiger partial charge on any atom is -0.493 e. The highest BCUT2D eigenvalue weighted by Gasteiger charge is 2.20. The lowest BCUT2D eigenvalue weighted by atomic mass is 10.1. The lowest BCUT2D eigenvalue weighted by molar-refractivity contribution is -0.114. The zero-order valence-corrected chi connectivity index (χ0v) is 21.3. The minimum absolute atomic E-state index is 0.169. The van der Waals surface area contributed by atoms with E-state index in [-0.39, 0.29) is 5.91 Å². The Kier molecular flexibility index (Phi) is 7.36. The van der Waals surface area contributed by atoms with Crippen molar-refractivity contribution in [3.8, 4) is 17.2 Å². The van der Waals surface area contributed by atoms with Gasteiger partial charge in [-0.2, -0.15) is 0 Å². The zero-order chi connectivity index (χ0) is 24.9. The van der Waals surface area contributed by atoms with Gasteiger partial charge in [-0.15, -0.1) is 0 Å². The van der Waals surface area contributed by atoms with Gasteiger partial charge in [-0.3, -0.25) is 9.69 Å². The van der Waals surface area contributed by atoms with Crippen LogP contribution in [0, 0.1) is 13.8 Å². The second kappa shape index (κ2) is 10.6. The Bertz CT molecular complexity index is 1310. The first kappa shape index (κ1) is 24.3. The Labute approximate surface area is 209 Å². The molecular weight excluding hydrogens is 460 g/mol. The van der Waals surface area contributed by atoms with Crippen molar-refractivity contribution in [2.75, 3.05) is 26.2 Å². The second-order valence-corrected chi connectivity index (χ2v) is 9.05. The number of anilines is 1. The first-order valence-corrected chi connectivity index (χ1v) is 12.0. The number of methoxy groups -OCH3 is 3. The van der Waals surface area contributed by atoms with E-state index >= 15 is 0 Å². The van der Waals surface area contributed by atoms with E-state index in [1.54, 1.807) is 50.5 Å². The van der Waals surface area contributed by atoms with Gasteiger partial charge in [0.05, 0.1) is 38.1 Å². The lowest BCUT2D eigenvalue weighted by Crippen LogP contribution is -2.28. The van der Waals surface area contributed by atoms with Crippen LogP contribution in [0.25, 0.3) is 16.3 Å². The number of ether oxygens (including phenoxy) is 3. The fourth-order valence-electron chi connectivity index (χ4n) is 3.82. The summed E-state index contributed by atoms with van der Waals surface area (Å²) in [4.78, 5) is 20.1. The molecule has 0 saturated carbocycles. The molecule has 0 bridgehead atoms. The van der Waals surface area contributed by atoms with Crippen LogP contribution in [0.2, 0.25) is 0 Å². The van der Waals surface area contributed by atoms with Crippen LogP contribution >= 0.6 is 11.3 Å². The van der Waals surface area contributed by atoms with Crippen LogP contribution in [0.5, 0.6) is 17.2 Å². The van der Waals surface area contributed by atoms with Crippen LogP contribution in [-0.4, -0.2) is 32.2 Å². The molecule has 7 heteroatoms. The van der Waals surface area contributed by atoms with Crippen LogP contribution in [0.4, 0.5) is 5.13 Å². The molecule has 6 nitrogen and oxygen atoms in total. The van der Waals surface area contributed by atoms with Gasteiger partial charge >= 0.3 is 0 Å². The minimum atomic E-state index is -0.169. The summed E-state index contributed by atoms with van der Waals surface area (Å²) in [5.41, 5.74) is 4.95. The molecule has 0 spiro atoms. The van der Waals surface area contributed by atoms with E-state index in [1.165, 1.54) is 11.3 Å². The normalized spacial score (nSPS) is 11.1. The smallest absolute Gasteiger partial charge is 0.253 e. The number of thiazole rings is 1. The largest absolute Gasteiger partial charge is 0.493 e. The number of aromatic nitrogens is 1. The van der Waals surface area contributed by atoms with Crippen LogP contribution < -0.4 is 19.1 Å². The summed E-state index contributed by atoms with van der Waals surface area (Å²) in [7, 11) is 4.69.